The molecule has 0 radical (unpaired) electrons. The van der Waals surface area contributed by atoms with Gasteiger partial charge in [-0.2, -0.15) is 20.1 Å². The van der Waals surface area contributed by atoms with Crippen molar-refractivity contribution in [1.29, 1.82) is 0 Å². The molecule has 0 atom stereocenters. The van der Waals surface area contributed by atoms with E-state index in [1.165, 1.54) is 6.07 Å². The maximum atomic E-state index is 12.5. The first-order chi connectivity index (χ1) is 11.1. The quantitative estimate of drug-likeness (QED) is 0.325. The van der Waals surface area contributed by atoms with Crippen molar-refractivity contribution in [3.8, 4) is 5.75 Å². The minimum absolute atomic E-state index is 0. The lowest BCUT2D eigenvalue weighted by atomic mass is 10.2. The molecule has 4 nitrogen and oxygen atoms in total. The monoisotopic (exact) mass is 531 g/mol. The lowest BCUT2D eigenvalue weighted by Gasteiger charge is -2.14. The molecule has 0 aliphatic heterocycles. The van der Waals surface area contributed by atoms with Gasteiger partial charge >= 0.3 is 6.61 Å². The van der Waals surface area contributed by atoms with Crippen molar-refractivity contribution in [2.24, 2.45) is 4.99 Å². The van der Waals surface area contributed by atoms with E-state index in [1.54, 1.807) is 30.5 Å². The summed E-state index contributed by atoms with van der Waals surface area (Å²) in [5.41, 5.74) is 1.76. The molecule has 24 heavy (non-hydrogen) atoms. The Labute approximate surface area is 168 Å². The fraction of sp³-hybridized carbons (Fsp3) is 0.267. The van der Waals surface area contributed by atoms with Crippen molar-refractivity contribution < 1.29 is 13.5 Å². The molecule has 2 aromatic rings. The number of alkyl halides is 2. The van der Waals surface area contributed by atoms with Crippen molar-refractivity contribution in [2.45, 2.75) is 19.7 Å². The SMILES string of the molecule is CN=C(NCc1ccsc1)NCc1cc(Br)ccc1OC(F)F.I. The Bertz CT molecular complexity index is 656. The van der Waals surface area contributed by atoms with E-state index in [1.807, 2.05) is 16.8 Å². The van der Waals surface area contributed by atoms with Gasteiger partial charge in [-0.1, -0.05) is 15.9 Å². The first-order valence-electron chi connectivity index (χ1n) is 6.77. The summed E-state index contributed by atoms with van der Waals surface area (Å²) >= 11 is 4.95. The number of ether oxygens (including phenoxy) is 1. The van der Waals surface area contributed by atoms with Crippen LogP contribution in [-0.4, -0.2) is 19.6 Å². The van der Waals surface area contributed by atoms with Crippen molar-refractivity contribution in [2.75, 3.05) is 7.05 Å². The predicted molar refractivity (Wildman–Crippen MR) is 108 cm³/mol. The number of rotatable bonds is 6. The highest BCUT2D eigenvalue weighted by atomic mass is 127. The molecule has 0 amide bonds. The first kappa shape index (κ1) is 21.1. The van der Waals surface area contributed by atoms with E-state index in [-0.39, 0.29) is 29.7 Å². The second-order valence-electron chi connectivity index (χ2n) is 4.54. The summed E-state index contributed by atoms with van der Waals surface area (Å²) in [5, 5.41) is 10.3. The maximum Gasteiger partial charge on any atom is 0.387 e. The van der Waals surface area contributed by atoms with E-state index in [0.717, 1.165) is 10.0 Å². The summed E-state index contributed by atoms with van der Waals surface area (Å²) in [5.74, 6) is 0.725. The second kappa shape index (κ2) is 10.8. The minimum Gasteiger partial charge on any atom is -0.434 e. The van der Waals surface area contributed by atoms with Crippen LogP contribution >= 0.6 is 51.2 Å². The van der Waals surface area contributed by atoms with Crippen LogP contribution in [0, 0.1) is 0 Å². The van der Waals surface area contributed by atoms with Crippen LogP contribution in [0.4, 0.5) is 8.78 Å². The Morgan fingerprint density at radius 2 is 2.04 bits per heavy atom. The van der Waals surface area contributed by atoms with Gasteiger partial charge in [-0.25, -0.2) is 0 Å². The van der Waals surface area contributed by atoms with Gasteiger partial charge in [0, 0.05) is 30.2 Å². The lowest BCUT2D eigenvalue weighted by Crippen LogP contribution is -2.36. The van der Waals surface area contributed by atoms with Crippen LogP contribution in [-0.2, 0) is 13.1 Å². The van der Waals surface area contributed by atoms with Crippen LogP contribution in [0.2, 0.25) is 0 Å². The van der Waals surface area contributed by atoms with E-state index in [9.17, 15) is 8.78 Å². The van der Waals surface area contributed by atoms with E-state index in [0.29, 0.717) is 24.6 Å². The molecular formula is C15H17BrF2IN3OS. The average molecular weight is 532 g/mol. The topological polar surface area (TPSA) is 45.7 Å². The van der Waals surface area contributed by atoms with Crippen molar-refractivity contribution in [3.05, 3.63) is 50.6 Å². The summed E-state index contributed by atoms with van der Waals surface area (Å²) in [7, 11) is 1.65. The van der Waals surface area contributed by atoms with Crippen LogP contribution in [0.15, 0.2) is 44.5 Å². The zero-order valence-corrected chi connectivity index (χ0v) is 17.5. The molecule has 9 heteroatoms. The van der Waals surface area contributed by atoms with Crippen LogP contribution in [0.25, 0.3) is 0 Å². The van der Waals surface area contributed by atoms with Gasteiger partial charge in [-0.05, 0) is 40.6 Å². The van der Waals surface area contributed by atoms with E-state index in [2.05, 4.69) is 36.3 Å². The largest absolute Gasteiger partial charge is 0.434 e. The number of aliphatic imine (C=N–C) groups is 1. The number of benzene rings is 1. The molecule has 1 heterocycles. The number of guanidine groups is 1. The molecule has 2 rings (SSSR count). The molecule has 0 aliphatic rings. The molecule has 1 aromatic carbocycles. The van der Waals surface area contributed by atoms with E-state index in [4.69, 9.17) is 0 Å². The molecular weight excluding hydrogens is 515 g/mol. The third kappa shape index (κ3) is 6.89. The Kier molecular flexibility index (Phi) is 9.52. The number of thiophene rings is 1. The number of hydrogen-bond donors (Lipinski definition) is 2. The van der Waals surface area contributed by atoms with Gasteiger partial charge in [-0.3, -0.25) is 4.99 Å². The van der Waals surface area contributed by atoms with Crippen molar-refractivity contribution in [1.82, 2.24) is 10.6 Å². The molecule has 0 aliphatic carbocycles. The number of nitrogens with zero attached hydrogens (tertiary/aromatic N) is 1. The van der Waals surface area contributed by atoms with Crippen LogP contribution in [0.5, 0.6) is 5.75 Å². The molecule has 0 unspecified atom stereocenters. The highest BCUT2D eigenvalue weighted by Gasteiger charge is 2.10. The summed E-state index contributed by atoms with van der Waals surface area (Å²) < 4.78 is 30.2. The highest BCUT2D eigenvalue weighted by molar-refractivity contribution is 14.0. The molecule has 0 spiro atoms. The van der Waals surface area contributed by atoms with E-state index >= 15 is 0 Å². The highest BCUT2D eigenvalue weighted by Crippen LogP contribution is 2.24. The van der Waals surface area contributed by atoms with Gasteiger partial charge in [0.2, 0.25) is 0 Å². The third-order valence-electron chi connectivity index (χ3n) is 2.95. The maximum absolute atomic E-state index is 12.5. The average Bonchev–Trinajstić information content (AvgIpc) is 3.03. The van der Waals surface area contributed by atoms with Gasteiger partial charge in [-0.15, -0.1) is 24.0 Å². The Morgan fingerprint density at radius 3 is 2.67 bits per heavy atom. The predicted octanol–water partition coefficient (Wildman–Crippen LogP) is 4.60. The van der Waals surface area contributed by atoms with Gasteiger partial charge in [0.05, 0.1) is 0 Å². The third-order valence-corrected chi connectivity index (χ3v) is 4.17. The molecule has 2 N–H and O–H groups in total. The van der Waals surface area contributed by atoms with Crippen LogP contribution in [0.3, 0.4) is 0 Å². The molecule has 0 fully saturated rings. The first-order valence-corrected chi connectivity index (χ1v) is 8.51. The van der Waals surface area contributed by atoms with Gasteiger partial charge in [0.15, 0.2) is 5.96 Å². The summed E-state index contributed by atoms with van der Waals surface area (Å²) in [6.45, 7) is -1.90. The number of hydrogen-bond acceptors (Lipinski definition) is 3. The molecule has 0 saturated carbocycles. The van der Waals surface area contributed by atoms with Crippen LogP contribution < -0.4 is 15.4 Å². The Balaban J connectivity index is 0.00000288. The van der Waals surface area contributed by atoms with Gasteiger partial charge in [0.25, 0.3) is 0 Å². The summed E-state index contributed by atoms with van der Waals surface area (Å²) in [4.78, 5) is 4.11. The standard InChI is InChI=1S/C15H16BrF2N3OS.HI/c1-19-15(20-7-10-4-5-23-9-10)21-8-11-6-12(16)2-3-13(11)22-14(17)18;/h2-6,9,14H,7-8H2,1H3,(H2,19,20,21);1H. The van der Waals surface area contributed by atoms with Crippen molar-refractivity contribution in [3.63, 3.8) is 0 Å². The number of halogens is 4. The number of nitrogens with one attached hydrogen (secondary N) is 2. The smallest absolute Gasteiger partial charge is 0.387 e. The Hall–Kier alpha value is -0.940. The summed E-state index contributed by atoms with van der Waals surface area (Å²) in [6, 6.07) is 6.92. The fourth-order valence-corrected chi connectivity index (χ4v) is 2.95. The fourth-order valence-electron chi connectivity index (χ4n) is 1.88. The van der Waals surface area contributed by atoms with Crippen LogP contribution in [0.1, 0.15) is 11.1 Å². The molecule has 0 saturated heterocycles. The second-order valence-corrected chi connectivity index (χ2v) is 6.24. The van der Waals surface area contributed by atoms with Crippen molar-refractivity contribution >= 4 is 57.2 Å². The Morgan fingerprint density at radius 1 is 1.29 bits per heavy atom. The lowest BCUT2D eigenvalue weighted by molar-refractivity contribution is -0.0504. The van der Waals surface area contributed by atoms with E-state index < -0.39 is 6.61 Å². The molecule has 0 bridgehead atoms. The zero-order valence-electron chi connectivity index (χ0n) is 12.8. The minimum atomic E-state index is -2.86. The summed E-state index contributed by atoms with van der Waals surface area (Å²) in [6.07, 6.45) is 0. The molecule has 132 valence electrons. The molecule has 1 aromatic heterocycles. The van der Waals surface area contributed by atoms with Gasteiger partial charge in [0.1, 0.15) is 5.75 Å². The normalized spacial score (nSPS) is 11.1. The zero-order chi connectivity index (χ0) is 16.7. The van der Waals surface area contributed by atoms with Gasteiger partial charge < -0.3 is 15.4 Å².